The topological polar surface area (TPSA) is 23.8 Å². The van der Waals surface area contributed by atoms with Gasteiger partial charge in [0.25, 0.3) is 0 Å². The van der Waals surface area contributed by atoms with Crippen LogP contribution < -0.4 is 0 Å². The quantitative estimate of drug-likeness (QED) is 0.407. The van der Waals surface area contributed by atoms with Gasteiger partial charge in [-0.1, -0.05) is 56.5 Å². The third kappa shape index (κ3) is 4.32. The molecule has 3 aromatic carbocycles. The van der Waals surface area contributed by atoms with Crippen LogP contribution in [0.1, 0.15) is 68.9 Å². The van der Waals surface area contributed by atoms with Crippen LogP contribution in [-0.4, -0.2) is 0 Å². The Bertz CT molecular complexity index is 1110. The van der Waals surface area contributed by atoms with Crippen molar-refractivity contribution in [2.45, 2.75) is 57.8 Å². The molecule has 31 heavy (non-hydrogen) atoms. The SMILES string of the molecule is CCCCC1CCC(c2ccc3c(F)c(-c4cc(F)c(C#N)c(F)c4)ccc3c2)CC1. The zero-order valence-electron chi connectivity index (χ0n) is 17.7. The van der Waals surface area contributed by atoms with Gasteiger partial charge in [0.05, 0.1) is 0 Å². The summed E-state index contributed by atoms with van der Waals surface area (Å²) in [5.74, 6) is -1.13. The fourth-order valence-electron chi connectivity index (χ4n) is 4.90. The average Bonchev–Trinajstić information content (AvgIpc) is 2.78. The van der Waals surface area contributed by atoms with Gasteiger partial charge in [-0.25, -0.2) is 13.2 Å². The standard InChI is InChI=1S/C27H26F3N/c1-2-3-4-17-5-7-18(8-6-17)19-9-11-22-20(13-19)10-12-23(27(22)30)21-14-25(28)24(16-31)26(29)15-21/h9-15,17-18H,2-8H2,1H3. The number of rotatable bonds is 5. The number of nitriles is 1. The van der Waals surface area contributed by atoms with E-state index in [9.17, 15) is 8.78 Å². The molecular formula is C27H26F3N. The molecule has 3 aromatic rings. The summed E-state index contributed by atoms with van der Waals surface area (Å²) < 4.78 is 43.3. The van der Waals surface area contributed by atoms with Crippen molar-refractivity contribution in [2.75, 3.05) is 0 Å². The minimum Gasteiger partial charge on any atom is -0.206 e. The second kappa shape index (κ2) is 9.14. The summed E-state index contributed by atoms with van der Waals surface area (Å²) in [6, 6.07) is 12.7. The van der Waals surface area contributed by atoms with Crippen LogP contribution in [0.4, 0.5) is 13.2 Å². The molecule has 1 aliphatic carbocycles. The van der Waals surface area contributed by atoms with E-state index in [0.29, 0.717) is 11.3 Å². The number of nitrogens with zero attached hydrogens (tertiary/aromatic N) is 1. The van der Waals surface area contributed by atoms with E-state index in [0.717, 1.165) is 23.4 Å². The van der Waals surface area contributed by atoms with Crippen LogP contribution in [0.3, 0.4) is 0 Å². The van der Waals surface area contributed by atoms with Gasteiger partial charge in [-0.2, -0.15) is 5.26 Å². The van der Waals surface area contributed by atoms with Crippen molar-refractivity contribution in [2.24, 2.45) is 5.92 Å². The molecule has 0 heterocycles. The molecule has 0 amide bonds. The van der Waals surface area contributed by atoms with Gasteiger partial charge in [0.1, 0.15) is 29.1 Å². The van der Waals surface area contributed by atoms with Crippen molar-refractivity contribution in [3.63, 3.8) is 0 Å². The molecule has 160 valence electrons. The van der Waals surface area contributed by atoms with Gasteiger partial charge < -0.3 is 0 Å². The molecule has 0 aromatic heterocycles. The van der Waals surface area contributed by atoms with Crippen molar-refractivity contribution < 1.29 is 13.2 Å². The highest BCUT2D eigenvalue weighted by molar-refractivity contribution is 5.89. The summed E-state index contributed by atoms with van der Waals surface area (Å²) >= 11 is 0. The van der Waals surface area contributed by atoms with Gasteiger partial charge >= 0.3 is 0 Å². The number of halogens is 3. The third-order valence-corrected chi connectivity index (χ3v) is 6.73. The predicted molar refractivity (Wildman–Crippen MR) is 118 cm³/mol. The highest BCUT2D eigenvalue weighted by Crippen LogP contribution is 2.39. The molecule has 1 aliphatic rings. The Hall–Kier alpha value is -2.80. The lowest BCUT2D eigenvalue weighted by Gasteiger charge is -2.29. The van der Waals surface area contributed by atoms with Gasteiger partial charge in [0.15, 0.2) is 0 Å². The molecule has 0 aliphatic heterocycles. The van der Waals surface area contributed by atoms with Crippen LogP contribution in [0.2, 0.25) is 0 Å². The van der Waals surface area contributed by atoms with Gasteiger partial charge in [0, 0.05) is 10.9 Å². The molecule has 0 atom stereocenters. The fourth-order valence-corrected chi connectivity index (χ4v) is 4.90. The van der Waals surface area contributed by atoms with E-state index in [-0.39, 0.29) is 11.1 Å². The fraction of sp³-hybridized carbons (Fsp3) is 0.370. The monoisotopic (exact) mass is 421 g/mol. The lowest BCUT2D eigenvalue weighted by atomic mass is 9.77. The predicted octanol–water partition coefficient (Wildman–Crippen LogP) is 8.26. The van der Waals surface area contributed by atoms with Crippen molar-refractivity contribution in [1.82, 2.24) is 0 Å². The molecule has 0 bridgehead atoms. The number of fused-ring (bicyclic) bond motifs is 1. The van der Waals surface area contributed by atoms with Crippen LogP contribution in [0, 0.1) is 34.7 Å². The Labute approximate surface area is 181 Å². The Morgan fingerprint density at radius 2 is 1.65 bits per heavy atom. The first-order chi connectivity index (χ1) is 15.0. The first-order valence-corrected chi connectivity index (χ1v) is 11.1. The second-order valence-electron chi connectivity index (χ2n) is 8.69. The van der Waals surface area contributed by atoms with E-state index >= 15 is 4.39 Å². The summed E-state index contributed by atoms with van der Waals surface area (Å²) in [5, 5.41) is 10.1. The molecule has 0 radical (unpaired) electrons. The average molecular weight is 422 g/mol. The summed E-state index contributed by atoms with van der Waals surface area (Å²) in [4.78, 5) is 0. The van der Waals surface area contributed by atoms with E-state index in [1.807, 2.05) is 6.07 Å². The normalized spacial score (nSPS) is 18.8. The highest BCUT2D eigenvalue weighted by Gasteiger charge is 2.23. The largest absolute Gasteiger partial charge is 0.206 e. The lowest BCUT2D eigenvalue weighted by Crippen LogP contribution is -2.13. The van der Waals surface area contributed by atoms with Crippen LogP contribution in [0.15, 0.2) is 42.5 Å². The number of hydrogen-bond donors (Lipinski definition) is 0. The first-order valence-electron chi connectivity index (χ1n) is 11.1. The maximum atomic E-state index is 15.2. The maximum absolute atomic E-state index is 15.2. The molecular weight excluding hydrogens is 395 g/mol. The van der Waals surface area contributed by atoms with Crippen molar-refractivity contribution in [1.29, 1.82) is 5.26 Å². The molecule has 0 N–H and O–H groups in total. The Balaban J connectivity index is 1.60. The first kappa shape index (κ1) is 21.4. The zero-order chi connectivity index (χ0) is 22.0. The van der Waals surface area contributed by atoms with E-state index in [1.54, 1.807) is 18.2 Å². The summed E-state index contributed by atoms with van der Waals surface area (Å²) in [6.07, 6.45) is 8.73. The molecule has 4 heteroatoms. The smallest absolute Gasteiger partial charge is 0.144 e. The van der Waals surface area contributed by atoms with Crippen LogP contribution in [0.5, 0.6) is 0 Å². The van der Waals surface area contributed by atoms with E-state index in [2.05, 4.69) is 13.0 Å². The lowest BCUT2D eigenvalue weighted by molar-refractivity contribution is 0.304. The second-order valence-corrected chi connectivity index (χ2v) is 8.69. The Morgan fingerprint density at radius 1 is 0.935 bits per heavy atom. The van der Waals surface area contributed by atoms with Crippen molar-refractivity contribution in [3.8, 4) is 17.2 Å². The van der Waals surface area contributed by atoms with Gasteiger partial charge in [-0.15, -0.1) is 0 Å². The van der Waals surface area contributed by atoms with Crippen LogP contribution >= 0.6 is 0 Å². The third-order valence-electron chi connectivity index (χ3n) is 6.73. The molecule has 0 spiro atoms. The number of benzene rings is 3. The summed E-state index contributed by atoms with van der Waals surface area (Å²) in [6.45, 7) is 2.24. The van der Waals surface area contributed by atoms with Crippen molar-refractivity contribution in [3.05, 3.63) is 71.0 Å². The molecule has 1 nitrogen and oxygen atoms in total. The zero-order valence-corrected chi connectivity index (χ0v) is 17.7. The maximum Gasteiger partial charge on any atom is 0.144 e. The van der Waals surface area contributed by atoms with E-state index < -0.39 is 23.0 Å². The molecule has 1 fully saturated rings. The van der Waals surface area contributed by atoms with E-state index in [1.165, 1.54) is 56.6 Å². The number of unbranched alkanes of at least 4 members (excludes halogenated alkanes) is 1. The van der Waals surface area contributed by atoms with Crippen LogP contribution in [0.25, 0.3) is 21.9 Å². The minimum atomic E-state index is -0.984. The van der Waals surface area contributed by atoms with Gasteiger partial charge in [-0.05, 0) is 66.2 Å². The Morgan fingerprint density at radius 3 is 2.29 bits per heavy atom. The molecule has 0 saturated heterocycles. The Kier molecular flexibility index (Phi) is 6.32. The highest BCUT2D eigenvalue weighted by atomic mass is 19.1. The minimum absolute atomic E-state index is 0.0860. The molecule has 1 saturated carbocycles. The molecule has 0 unspecified atom stereocenters. The van der Waals surface area contributed by atoms with E-state index in [4.69, 9.17) is 5.26 Å². The summed E-state index contributed by atoms with van der Waals surface area (Å²) in [5.41, 5.74) is 0.796. The van der Waals surface area contributed by atoms with Crippen molar-refractivity contribution >= 4 is 10.8 Å². The number of hydrogen-bond acceptors (Lipinski definition) is 1. The molecule has 4 rings (SSSR count). The van der Waals surface area contributed by atoms with Gasteiger partial charge in [0.2, 0.25) is 0 Å². The summed E-state index contributed by atoms with van der Waals surface area (Å²) in [7, 11) is 0. The van der Waals surface area contributed by atoms with Crippen LogP contribution in [-0.2, 0) is 0 Å². The van der Waals surface area contributed by atoms with Gasteiger partial charge in [-0.3, -0.25) is 0 Å².